The average molecular weight is 472 g/mol. The Hall–Kier alpha value is -3.32. The van der Waals surface area contributed by atoms with Gasteiger partial charge in [-0.2, -0.15) is 0 Å². The molecule has 0 spiro atoms. The first-order valence-electron chi connectivity index (χ1n) is 12.6. The number of aromatic nitrogens is 2. The lowest BCUT2D eigenvalue weighted by Crippen LogP contribution is -2.58. The SMILES string of the molecule is CN1CCC[C@]1(Cc1ccccc1)C(=O)N1CCC(CC(=O)Nc2ccc3nccnc3c2)CC1. The van der Waals surface area contributed by atoms with Crippen molar-refractivity contribution in [3.05, 3.63) is 66.5 Å². The third-order valence-corrected chi connectivity index (χ3v) is 7.68. The number of fused-ring (bicyclic) bond motifs is 1. The van der Waals surface area contributed by atoms with Crippen molar-refractivity contribution in [2.24, 2.45) is 5.92 Å². The van der Waals surface area contributed by atoms with Crippen molar-refractivity contribution >= 4 is 28.5 Å². The molecule has 182 valence electrons. The molecular weight excluding hydrogens is 438 g/mol. The number of anilines is 1. The minimum Gasteiger partial charge on any atom is -0.341 e. The van der Waals surface area contributed by atoms with E-state index in [1.165, 1.54) is 5.56 Å². The Kier molecular flexibility index (Phi) is 6.77. The third-order valence-electron chi connectivity index (χ3n) is 7.68. The van der Waals surface area contributed by atoms with Crippen LogP contribution in [0.25, 0.3) is 11.0 Å². The van der Waals surface area contributed by atoms with Crippen molar-refractivity contribution in [2.45, 2.75) is 44.1 Å². The third kappa shape index (κ3) is 5.05. The Labute approximate surface area is 206 Å². The smallest absolute Gasteiger partial charge is 0.243 e. The first kappa shape index (κ1) is 23.4. The lowest BCUT2D eigenvalue weighted by Gasteiger charge is -2.42. The number of carbonyl (C=O) groups excluding carboxylic acids is 2. The summed E-state index contributed by atoms with van der Waals surface area (Å²) in [5, 5.41) is 3.01. The number of piperidine rings is 1. The van der Waals surface area contributed by atoms with Crippen molar-refractivity contribution in [1.29, 1.82) is 0 Å². The summed E-state index contributed by atoms with van der Waals surface area (Å²) >= 11 is 0. The van der Waals surface area contributed by atoms with Crippen molar-refractivity contribution < 1.29 is 9.59 Å². The van der Waals surface area contributed by atoms with Gasteiger partial charge in [0, 0.05) is 37.6 Å². The second kappa shape index (κ2) is 10.1. The van der Waals surface area contributed by atoms with E-state index in [4.69, 9.17) is 0 Å². The fourth-order valence-electron chi connectivity index (χ4n) is 5.67. The molecule has 1 aromatic heterocycles. The van der Waals surface area contributed by atoms with Gasteiger partial charge in [0.05, 0.1) is 11.0 Å². The van der Waals surface area contributed by atoms with Crippen LogP contribution in [0.15, 0.2) is 60.9 Å². The molecular formula is C28H33N5O2. The Balaban J connectivity index is 1.17. The molecule has 0 unspecified atom stereocenters. The van der Waals surface area contributed by atoms with Crippen LogP contribution in [0.3, 0.4) is 0 Å². The fourth-order valence-corrected chi connectivity index (χ4v) is 5.67. The fraction of sp³-hybridized carbons (Fsp3) is 0.429. The van der Waals surface area contributed by atoms with Crippen molar-refractivity contribution in [1.82, 2.24) is 19.8 Å². The molecule has 2 amide bonds. The van der Waals surface area contributed by atoms with Gasteiger partial charge in [0.15, 0.2) is 0 Å². The largest absolute Gasteiger partial charge is 0.341 e. The lowest BCUT2D eigenvalue weighted by molar-refractivity contribution is -0.143. The summed E-state index contributed by atoms with van der Waals surface area (Å²) in [7, 11) is 2.09. The molecule has 5 rings (SSSR count). The molecule has 2 saturated heterocycles. The van der Waals surface area contributed by atoms with Crippen LogP contribution < -0.4 is 5.32 Å². The van der Waals surface area contributed by atoms with E-state index < -0.39 is 5.54 Å². The number of benzene rings is 2. The van der Waals surface area contributed by atoms with Gasteiger partial charge in [-0.3, -0.25) is 24.5 Å². The molecule has 1 N–H and O–H groups in total. The zero-order valence-corrected chi connectivity index (χ0v) is 20.3. The predicted molar refractivity (Wildman–Crippen MR) is 137 cm³/mol. The van der Waals surface area contributed by atoms with Gasteiger partial charge in [0.25, 0.3) is 0 Å². The number of nitrogens with zero attached hydrogens (tertiary/aromatic N) is 4. The van der Waals surface area contributed by atoms with Crippen LogP contribution in [0.1, 0.15) is 37.7 Å². The number of likely N-dealkylation sites (tertiary alicyclic amines) is 2. The van der Waals surface area contributed by atoms with Crippen molar-refractivity contribution in [3.8, 4) is 0 Å². The van der Waals surface area contributed by atoms with Crippen LogP contribution >= 0.6 is 0 Å². The van der Waals surface area contributed by atoms with E-state index in [0.29, 0.717) is 19.5 Å². The van der Waals surface area contributed by atoms with Gasteiger partial charge in [0.1, 0.15) is 5.54 Å². The zero-order valence-electron chi connectivity index (χ0n) is 20.3. The molecule has 7 heteroatoms. The van der Waals surface area contributed by atoms with Crippen LogP contribution in [0.4, 0.5) is 5.69 Å². The summed E-state index contributed by atoms with van der Waals surface area (Å²) in [4.78, 5) is 39.4. The highest BCUT2D eigenvalue weighted by Crippen LogP contribution is 2.35. The molecule has 0 bridgehead atoms. The summed E-state index contributed by atoms with van der Waals surface area (Å²) in [5.41, 5.74) is 3.06. The van der Waals surface area contributed by atoms with E-state index in [1.807, 2.05) is 41.3 Å². The maximum Gasteiger partial charge on any atom is 0.243 e. The Bertz CT molecular complexity index is 1190. The summed E-state index contributed by atoms with van der Waals surface area (Å²) in [6.07, 6.45) is 8.18. The van der Waals surface area contributed by atoms with E-state index in [0.717, 1.165) is 55.4 Å². The second-order valence-electron chi connectivity index (χ2n) is 9.97. The standard InChI is InChI=1S/C28H33N5O2/c1-32-15-5-12-28(32,20-22-6-3-2-4-7-22)27(35)33-16-10-21(11-17-33)18-26(34)31-23-8-9-24-25(19-23)30-14-13-29-24/h2-4,6-9,13-14,19,21H,5,10-12,15-18,20H2,1H3,(H,31,34)/t28-/m0/s1. The number of hydrogen-bond donors (Lipinski definition) is 1. The topological polar surface area (TPSA) is 78.4 Å². The number of carbonyl (C=O) groups is 2. The first-order valence-corrected chi connectivity index (χ1v) is 12.6. The molecule has 2 aliphatic rings. The number of likely N-dealkylation sites (N-methyl/N-ethyl adjacent to an activating group) is 1. The van der Waals surface area contributed by atoms with Crippen LogP contribution in [0.5, 0.6) is 0 Å². The minimum absolute atomic E-state index is 0.00842. The van der Waals surface area contributed by atoms with Crippen LogP contribution in [-0.4, -0.2) is 63.8 Å². The van der Waals surface area contributed by atoms with Gasteiger partial charge < -0.3 is 10.2 Å². The maximum absolute atomic E-state index is 13.8. The maximum atomic E-state index is 13.8. The van der Waals surface area contributed by atoms with Crippen molar-refractivity contribution in [3.63, 3.8) is 0 Å². The van der Waals surface area contributed by atoms with Gasteiger partial charge in [-0.1, -0.05) is 30.3 Å². The number of nitrogens with one attached hydrogen (secondary N) is 1. The van der Waals surface area contributed by atoms with E-state index in [-0.39, 0.29) is 17.7 Å². The lowest BCUT2D eigenvalue weighted by atomic mass is 9.85. The first-order chi connectivity index (χ1) is 17.0. The number of amides is 2. The number of hydrogen-bond acceptors (Lipinski definition) is 5. The molecule has 1 atom stereocenters. The van der Waals surface area contributed by atoms with E-state index in [9.17, 15) is 9.59 Å². The molecule has 7 nitrogen and oxygen atoms in total. The molecule has 0 radical (unpaired) electrons. The zero-order chi connectivity index (χ0) is 24.3. The Morgan fingerprint density at radius 1 is 1.00 bits per heavy atom. The van der Waals surface area contributed by atoms with E-state index in [1.54, 1.807) is 12.4 Å². The summed E-state index contributed by atoms with van der Waals surface area (Å²) in [6.45, 7) is 2.38. The molecule has 0 aliphatic carbocycles. The van der Waals surface area contributed by atoms with Crippen molar-refractivity contribution in [2.75, 3.05) is 32.0 Å². The average Bonchev–Trinajstić information content (AvgIpc) is 3.25. The van der Waals surface area contributed by atoms with Crippen LogP contribution in [-0.2, 0) is 16.0 Å². The molecule has 35 heavy (non-hydrogen) atoms. The quantitative estimate of drug-likeness (QED) is 0.590. The molecule has 2 aliphatic heterocycles. The molecule has 3 heterocycles. The Morgan fingerprint density at radius 3 is 2.46 bits per heavy atom. The monoisotopic (exact) mass is 471 g/mol. The van der Waals surface area contributed by atoms with Crippen LogP contribution in [0.2, 0.25) is 0 Å². The highest BCUT2D eigenvalue weighted by atomic mass is 16.2. The van der Waals surface area contributed by atoms with Crippen LogP contribution in [0, 0.1) is 5.92 Å². The highest BCUT2D eigenvalue weighted by Gasteiger charge is 2.47. The van der Waals surface area contributed by atoms with Gasteiger partial charge in [-0.05, 0) is 75.4 Å². The second-order valence-corrected chi connectivity index (χ2v) is 9.97. The van der Waals surface area contributed by atoms with E-state index >= 15 is 0 Å². The predicted octanol–water partition coefficient (Wildman–Crippen LogP) is 3.90. The van der Waals surface area contributed by atoms with Gasteiger partial charge in [-0.25, -0.2) is 0 Å². The van der Waals surface area contributed by atoms with Gasteiger partial charge >= 0.3 is 0 Å². The normalized spacial score (nSPS) is 21.3. The van der Waals surface area contributed by atoms with Gasteiger partial charge in [-0.15, -0.1) is 0 Å². The Morgan fingerprint density at radius 2 is 1.74 bits per heavy atom. The van der Waals surface area contributed by atoms with E-state index in [2.05, 4.69) is 39.4 Å². The molecule has 2 aromatic carbocycles. The summed E-state index contributed by atoms with van der Waals surface area (Å²) in [5.74, 6) is 0.543. The number of rotatable bonds is 6. The summed E-state index contributed by atoms with van der Waals surface area (Å²) < 4.78 is 0. The molecule has 3 aromatic rings. The molecule has 0 saturated carbocycles. The summed E-state index contributed by atoms with van der Waals surface area (Å²) in [6, 6.07) is 15.9. The molecule has 2 fully saturated rings. The minimum atomic E-state index is -0.454. The highest BCUT2D eigenvalue weighted by molar-refractivity contribution is 5.93. The van der Waals surface area contributed by atoms with Gasteiger partial charge in [0.2, 0.25) is 11.8 Å².